The van der Waals surface area contributed by atoms with Crippen molar-refractivity contribution in [2.24, 2.45) is 0 Å². The van der Waals surface area contributed by atoms with Crippen molar-refractivity contribution in [1.82, 2.24) is 4.90 Å². The Labute approximate surface area is 199 Å². The minimum absolute atomic E-state index is 0.158. The molecule has 0 atom stereocenters. The van der Waals surface area contributed by atoms with Crippen LogP contribution in [0, 0.1) is 0 Å². The fourth-order valence-corrected chi connectivity index (χ4v) is 3.99. The molecule has 178 valence electrons. The molecule has 0 spiro atoms. The monoisotopic (exact) mass is 476 g/mol. The highest BCUT2D eigenvalue weighted by Gasteiger charge is 2.22. The standard InChI is InChI=1S/C24H29ClN2O6/c1-29-16-10-21(32-4)24(22(11-16)33-5)15-6-8-27(9-7-15)14-23(28)26-18-13-19(30-2)17(25)12-20(18)31-3/h6,10-13H,7-9,14H2,1-5H3,(H,26,28). The van der Waals surface area contributed by atoms with E-state index in [2.05, 4.69) is 16.3 Å². The molecular formula is C24H29ClN2O6. The lowest BCUT2D eigenvalue weighted by molar-refractivity contribution is -0.117. The quantitative estimate of drug-likeness (QED) is 0.583. The summed E-state index contributed by atoms with van der Waals surface area (Å²) >= 11 is 6.14. The Morgan fingerprint density at radius 3 is 2.06 bits per heavy atom. The van der Waals surface area contributed by atoms with Crippen molar-refractivity contribution in [3.05, 3.63) is 40.9 Å². The molecule has 1 N–H and O–H groups in total. The molecule has 0 bridgehead atoms. The molecule has 0 aromatic heterocycles. The Bertz CT molecular complexity index is 1010. The third kappa shape index (κ3) is 5.64. The molecule has 0 unspecified atom stereocenters. The van der Waals surface area contributed by atoms with Gasteiger partial charge in [0.15, 0.2) is 0 Å². The second-order valence-corrected chi connectivity index (χ2v) is 7.76. The van der Waals surface area contributed by atoms with Crippen LogP contribution >= 0.6 is 11.6 Å². The second kappa shape index (κ2) is 11.2. The van der Waals surface area contributed by atoms with Crippen molar-refractivity contribution in [2.45, 2.75) is 6.42 Å². The molecule has 1 aliphatic rings. The molecule has 2 aromatic rings. The zero-order valence-electron chi connectivity index (χ0n) is 19.5. The molecule has 0 radical (unpaired) electrons. The lowest BCUT2D eigenvalue weighted by Gasteiger charge is -2.27. The zero-order chi connectivity index (χ0) is 24.0. The van der Waals surface area contributed by atoms with Crippen molar-refractivity contribution >= 4 is 28.8 Å². The van der Waals surface area contributed by atoms with Gasteiger partial charge in [0, 0.05) is 37.4 Å². The number of methoxy groups -OCH3 is 5. The van der Waals surface area contributed by atoms with E-state index in [0.29, 0.717) is 52.5 Å². The molecule has 8 nitrogen and oxygen atoms in total. The summed E-state index contributed by atoms with van der Waals surface area (Å²) in [6.45, 7) is 1.55. The molecule has 0 aliphatic carbocycles. The minimum Gasteiger partial charge on any atom is -0.496 e. The van der Waals surface area contributed by atoms with Gasteiger partial charge in [-0.1, -0.05) is 17.7 Å². The Morgan fingerprint density at radius 1 is 0.909 bits per heavy atom. The third-order valence-electron chi connectivity index (χ3n) is 5.44. The highest BCUT2D eigenvalue weighted by molar-refractivity contribution is 6.32. The van der Waals surface area contributed by atoms with Gasteiger partial charge in [-0.25, -0.2) is 0 Å². The topological polar surface area (TPSA) is 78.5 Å². The largest absolute Gasteiger partial charge is 0.496 e. The number of nitrogens with one attached hydrogen (secondary N) is 1. The van der Waals surface area contributed by atoms with Gasteiger partial charge in [-0.3, -0.25) is 9.69 Å². The summed E-state index contributed by atoms with van der Waals surface area (Å²) in [7, 11) is 7.89. The molecule has 1 aliphatic heterocycles. The van der Waals surface area contributed by atoms with E-state index in [1.807, 2.05) is 12.1 Å². The fourth-order valence-electron chi connectivity index (χ4n) is 3.75. The summed E-state index contributed by atoms with van der Waals surface area (Å²) in [5.41, 5.74) is 2.51. The number of ether oxygens (including phenoxy) is 5. The van der Waals surface area contributed by atoms with E-state index < -0.39 is 0 Å². The van der Waals surface area contributed by atoms with Crippen molar-refractivity contribution in [2.75, 3.05) is 60.5 Å². The van der Waals surface area contributed by atoms with E-state index in [1.54, 1.807) is 33.5 Å². The second-order valence-electron chi connectivity index (χ2n) is 7.36. The molecule has 1 amide bonds. The first-order valence-electron chi connectivity index (χ1n) is 10.4. The van der Waals surface area contributed by atoms with E-state index in [0.717, 1.165) is 17.6 Å². The van der Waals surface area contributed by atoms with Crippen LogP contribution in [0.25, 0.3) is 5.57 Å². The normalized spacial score (nSPS) is 13.7. The van der Waals surface area contributed by atoms with Crippen LogP contribution in [0.3, 0.4) is 0 Å². The maximum atomic E-state index is 12.7. The van der Waals surface area contributed by atoms with Gasteiger partial charge in [-0.15, -0.1) is 0 Å². The average Bonchev–Trinajstić information content (AvgIpc) is 2.84. The number of carbonyl (C=O) groups excluding carboxylic acids is 1. The number of anilines is 1. The summed E-state index contributed by atoms with van der Waals surface area (Å²) < 4.78 is 27.1. The lowest BCUT2D eigenvalue weighted by atomic mass is 9.97. The van der Waals surface area contributed by atoms with Crippen molar-refractivity contribution in [3.63, 3.8) is 0 Å². The summed E-state index contributed by atoms with van der Waals surface area (Å²) in [4.78, 5) is 14.8. The van der Waals surface area contributed by atoms with Crippen LogP contribution in [0.4, 0.5) is 5.69 Å². The number of carbonyl (C=O) groups is 1. The molecule has 33 heavy (non-hydrogen) atoms. The van der Waals surface area contributed by atoms with E-state index in [1.165, 1.54) is 14.2 Å². The summed E-state index contributed by atoms with van der Waals surface area (Å²) in [6.07, 6.45) is 2.83. The van der Waals surface area contributed by atoms with Crippen molar-refractivity contribution in [1.29, 1.82) is 0 Å². The Kier molecular flexibility index (Phi) is 8.30. The number of hydrogen-bond acceptors (Lipinski definition) is 7. The van der Waals surface area contributed by atoms with Crippen LogP contribution in [0.1, 0.15) is 12.0 Å². The van der Waals surface area contributed by atoms with E-state index in [4.69, 9.17) is 35.3 Å². The molecule has 0 saturated carbocycles. The molecule has 0 fully saturated rings. The van der Waals surface area contributed by atoms with Gasteiger partial charge in [0.25, 0.3) is 0 Å². The first kappa shape index (κ1) is 24.5. The Hall–Kier alpha value is -3.10. The first-order valence-corrected chi connectivity index (χ1v) is 10.7. The first-order chi connectivity index (χ1) is 15.9. The molecule has 1 heterocycles. The van der Waals surface area contributed by atoms with Gasteiger partial charge in [-0.05, 0) is 12.0 Å². The van der Waals surface area contributed by atoms with Crippen molar-refractivity contribution in [3.8, 4) is 28.7 Å². The highest BCUT2D eigenvalue weighted by atomic mass is 35.5. The molecular weight excluding hydrogens is 448 g/mol. The number of halogens is 1. The third-order valence-corrected chi connectivity index (χ3v) is 5.74. The smallest absolute Gasteiger partial charge is 0.238 e. The number of amides is 1. The van der Waals surface area contributed by atoms with Gasteiger partial charge in [0.05, 0.1) is 58.4 Å². The number of benzene rings is 2. The van der Waals surface area contributed by atoms with Gasteiger partial charge in [0.2, 0.25) is 5.91 Å². The summed E-state index contributed by atoms with van der Waals surface area (Å²) in [5.74, 6) is 2.81. The number of rotatable bonds is 9. The van der Waals surface area contributed by atoms with E-state index in [9.17, 15) is 4.79 Å². The van der Waals surface area contributed by atoms with Crippen LogP contribution in [0.15, 0.2) is 30.3 Å². The van der Waals surface area contributed by atoms with Crippen molar-refractivity contribution < 1.29 is 28.5 Å². The molecule has 9 heteroatoms. The Balaban J connectivity index is 1.71. The zero-order valence-corrected chi connectivity index (χ0v) is 20.2. The van der Waals surface area contributed by atoms with E-state index >= 15 is 0 Å². The van der Waals surface area contributed by atoms with Gasteiger partial charge >= 0.3 is 0 Å². The molecule has 2 aromatic carbocycles. The summed E-state index contributed by atoms with van der Waals surface area (Å²) in [5, 5.41) is 3.29. The fraction of sp³-hybridized carbons (Fsp3) is 0.375. The van der Waals surface area contributed by atoms with E-state index in [-0.39, 0.29) is 12.5 Å². The molecule has 3 rings (SSSR count). The van der Waals surface area contributed by atoms with Crippen LogP contribution < -0.4 is 29.0 Å². The van der Waals surface area contributed by atoms with Crippen LogP contribution in [-0.2, 0) is 4.79 Å². The maximum Gasteiger partial charge on any atom is 0.238 e. The van der Waals surface area contributed by atoms with Gasteiger partial charge in [0.1, 0.15) is 28.7 Å². The average molecular weight is 477 g/mol. The molecule has 0 saturated heterocycles. The highest BCUT2D eigenvalue weighted by Crippen LogP contribution is 2.41. The SMILES string of the molecule is COc1cc(OC)c(C2=CCN(CC(=O)Nc3cc(OC)c(Cl)cc3OC)CC2)c(OC)c1. The van der Waals surface area contributed by atoms with Crippen LogP contribution in [0.2, 0.25) is 5.02 Å². The van der Waals surface area contributed by atoms with Gasteiger partial charge < -0.3 is 29.0 Å². The maximum absolute atomic E-state index is 12.7. The predicted octanol–water partition coefficient (Wildman–Crippen LogP) is 4.11. The minimum atomic E-state index is -0.158. The lowest BCUT2D eigenvalue weighted by Crippen LogP contribution is -2.36. The van der Waals surface area contributed by atoms with Gasteiger partial charge in [-0.2, -0.15) is 0 Å². The Morgan fingerprint density at radius 2 is 1.55 bits per heavy atom. The number of nitrogens with zero attached hydrogens (tertiary/aromatic N) is 1. The van der Waals surface area contributed by atoms with Crippen LogP contribution in [0.5, 0.6) is 28.7 Å². The summed E-state index contributed by atoms with van der Waals surface area (Å²) in [6, 6.07) is 6.94. The number of hydrogen-bond donors (Lipinski definition) is 1. The van der Waals surface area contributed by atoms with Crippen LogP contribution in [-0.4, -0.2) is 66.0 Å². The predicted molar refractivity (Wildman–Crippen MR) is 128 cm³/mol.